The zero-order valence-electron chi connectivity index (χ0n) is 29.5. The Balaban J connectivity index is 0. The van der Waals surface area contributed by atoms with Gasteiger partial charge in [-0.3, -0.25) is 4.79 Å². The number of aliphatic carboxylic acids is 2. The monoisotopic (exact) mass is 637 g/mol. The van der Waals surface area contributed by atoms with E-state index in [-0.39, 0.29) is 6.42 Å². The fraction of sp³-hybridized carbons (Fsp3) is 0.571. The predicted molar refractivity (Wildman–Crippen MR) is 201 cm³/mol. The van der Waals surface area contributed by atoms with E-state index in [0.29, 0.717) is 0 Å². The minimum atomic E-state index is -0.921. The maximum atomic E-state index is 10.3. The second kappa shape index (κ2) is 41.9. The fourth-order valence-electron chi connectivity index (χ4n) is 4.43. The first kappa shape index (κ1) is 45.0. The Kier molecular flexibility index (Phi) is 40.9. The quantitative estimate of drug-likeness (QED) is 0.0356. The molecule has 0 spiro atoms. The van der Waals surface area contributed by atoms with Crippen molar-refractivity contribution in [3.05, 3.63) is 97.2 Å². The van der Waals surface area contributed by atoms with E-state index in [1.165, 1.54) is 102 Å². The number of hydrogen-bond acceptors (Lipinski definition) is 2. The molecule has 0 radical (unpaired) electrons. The van der Waals surface area contributed by atoms with Gasteiger partial charge in [0.15, 0.2) is 0 Å². The topological polar surface area (TPSA) is 74.6 Å². The number of carboxylic acid groups (broad SMARTS) is 2. The van der Waals surface area contributed by atoms with Crippen LogP contribution in [0.25, 0.3) is 0 Å². The molecule has 0 aliphatic rings. The highest BCUT2D eigenvalue weighted by molar-refractivity contribution is 5.80. The van der Waals surface area contributed by atoms with Crippen LogP contribution in [0, 0.1) is 0 Å². The van der Waals surface area contributed by atoms with Gasteiger partial charge < -0.3 is 10.2 Å². The Morgan fingerprint density at radius 3 is 1.28 bits per heavy atom. The molecule has 0 rings (SSSR count). The summed E-state index contributed by atoms with van der Waals surface area (Å²) in [5.74, 6) is -1.63. The van der Waals surface area contributed by atoms with Crippen molar-refractivity contribution in [2.24, 2.45) is 0 Å². The van der Waals surface area contributed by atoms with Crippen LogP contribution in [0.1, 0.15) is 155 Å². The van der Waals surface area contributed by atoms with E-state index >= 15 is 0 Å². The van der Waals surface area contributed by atoms with Crippen LogP contribution in [-0.2, 0) is 9.59 Å². The highest BCUT2D eigenvalue weighted by Gasteiger charge is 1.93. The minimum Gasteiger partial charge on any atom is -0.481 e. The zero-order valence-corrected chi connectivity index (χ0v) is 29.5. The third-order valence-electron chi connectivity index (χ3n) is 7.12. The molecule has 46 heavy (non-hydrogen) atoms. The molecule has 0 unspecified atom stereocenters. The number of allylic oxidation sites excluding steroid dienone is 15. The van der Waals surface area contributed by atoms with E-state index in [4.69, 9.17) is 10.2 Å². The van der Waals surface area contributed by atoms with Crippen LogP contribution in [-0.4, -0.2) is 22.2 Å². The van der Waals surface area contributed by atoms with Crippen molar-refractivity contribution < 1.29 is 19.8 Å². The van der Waals surface area contributed by atoms with Gasteiger partial charge in [-0.15, -0.1) is 0 Å². The normalized spacial score (nSPS) is 12.4. The number of carboxylic acids is 2. The van der Waals surface area contributed by atoms with Crippen LogP contribution in [0.15, 0.2) is 97.2 Å². The average Bonchev–Trinajstić information content (AvgIpc) is 3.03. The van der Waals surface area contributed by atoms with Crippen molar-refractivity contribution in [2.45, 2.75) is 155 Å². The molecule has 0 aromatic rings. The van der Waals surface area contributed by atoms with Gasteiger partial charge in [0.1, 0.15) is 0 Å². The van der Waals surface area contributed by atoms with Gasteiger partial charge in [-0.1, -0.05) is 182 Å². The molecular weight excluding hydrogens is 568 g/mol. The summed E-state index contributed by atoms with van der Waals surface area (Å²) in [6.07, 6.45) is 58.0. The lowest BCUT2D eigenvalue weighted by atomic mass is 10.1. The van der Waals surface area contributed by atoms with Crippen molar-refractivity contribution in [1.82, 2.24) is 0 Å². The van der Waals surface area contributed by atoms with Crippen molar-refractivity contribution in [2.75, 3.05) is 0 Å². The summed E-state index contributed by atoms with van der Waals surface area (Å²) in [5.41, 5.74) is 0. The maximum absolute atomic E-state index is 10.3. The van der Waals surface area contributed by atoms with Crippen molar-refractivity contribution in [1.29, 1.82) is 0 Å². The van der Waals surface area contributed by atoms with Gasteiger partial charge in [0.05, 0.1) is 0 Å². The lowest BCUT2D eigenvalue weighted by Crippen LogP contribution is -1.92. The second-order valence-electron chi connectivity index (χ2n) is 11.6. The number of unbranched alkanes of at least 4 members (excludes halogenated alkanes) is 15. The Morgan fingerprint density at radius 1 is 0.413 bits per heavy atom. The molecule has 0 saturated heterocycles. The summed E-state index contributed by atoms with van der Waals surface area (Å²) < 4.78 is 0. The molecule has 0 aliphatic heterocycles. The molecule has 0 atom stereocenters. The first-order chi connectivity index (χ1) is 22.5. The van der Waals surface area contributed by atoms with Gasteiger partial charge in [-0.05, 0) is 57.8 Å². The van der Waals surface area contributed by atoms with Crippen molar-refractivity contribution in [3.8, 4) is 0 Å². The van der Waals surface area contributed by atoms with E-state index in [1.807, 2.05) is 18.2 Å². The van der Waals surface area contributed by atoms with Gasteiger partial charge >= 0.3 is 11.9 Å². The molecule has 0 bridgehead atoms. The molecule has 260 valence electrons. The Labute approximate surface area is 283 Å². The first-order valence-corrected chi connectivity index (χ1v) is 18.3. The van der Waals surface area contributed by atoms with Crippen LogP contribution in [0.4, 0.5) is 0 Å². The van der Waals surface area contributed by atoms with Crippen LogP contribution in [0.2, 0.25) is 0 Å². The van der Waals surface area contributed by atoms with Crippen molar-refractivity contribution in [3.63, 3.8) is 0 Å². The Hall–Kier alpha value is -3.14. The highest BCUT2D eigenvalue weighted by atomic mass is 16.4. The SMILES string of the molecule is CCCCC/C=C\C/C=C\C/C=C\C/C=C\CCCC(=O)O.CCCCCCCCCCCCCC=CC=CC=CC=CC(=O)O. The van der Waals surface area contributed by atoms with E-state index in [0.717, 1.165) is 44.6 Å². The van der Waals surface area contributed by atoms with Crippen LogP contribution in [0.3, 0.4) is 0 Å². The zero-order chi connectivity index (χ0) is 34.0. The van der Waals surface area contributed by atoms with E-state index < -0.39 is 11.9 Å². The van der Waals surface area contributed by atoms with Crippen molar-refractivity contribution >= 4 is 11.9 Å². The number of rotatable bonds is 30. The molecule has 2 N–H and O–H groups in total. The van der Waals surface area contributed by atoms with E-state index in [1.54, 1.807) is 6.08 Å². The van der Waals surface area contributed by atoms with Gasteiger partial charge in [-0.2, -0.15) is 0 Å². The number of carbonyl (C=O) groups is 2. The molecule has 0 amide bonds. The fourth-order valence-corrected chi connectivity index (χ4v) is 4.43. The van der Waals surface area contributed by atoms with Crippen LogP contribution < -0.4 is 0 Å². The minimum absolute atomic E-state index is 0.262. The molecular formula is C42H68O4. The van der Waals surface area contributed by atoms with Gasteiger partial charge in [0.2, 0.25) is 0 Å². The summed E-state index contributed by atoms with van der Waals surface area (Å²) in [6.45, 7) is 4.50. The third kappa shape index (κ3) is 47.8. The smallest absolute Gasteiger partial charge is 0.328 e. The summed E-state index contributed by atoms with van der Waals surface area (Å²) in [6, 6.07) is 0. The molecule has 0 heterocycles. The summed E-state index contributed by atoms with van der Waals surface area (Å²) in [4.78, 5) is 20.5. The second-order valence-corrected chi connectivity index (χ2v) is 11.6. The third-order valence-corrected chi connectivity index (χ3v) is 7.12. The molecule has 0 fully saturated rings. The molecule has 4 nitrogen and oxygen atoms in total. The molecule has 4 heteroatoms. The summed E-state index contributed by atoms with van der Waals surface area (Å²) in [7, 11) is 0. The number of hydrogen-bond donors (Lipinski definition) is 2. The van der Waals surface area contributed by atoms with Gasteiger partial charge in [0, 0.05) is 12.5 Å². The van der Waals surface area contributed by atoms with E-state index in [2.05, 4.69) is 74.6 Å². The molecule has 0 aliphatic carbocycles. The lowest BCUT2D eigenvalue weighted by molar-refractivity contribution is -0.137. The molecule has 0 aromatic heterocycles. The largest absolute Gasteiger partial charge is 0.481 e. The van der Waals surface area contributed by atoms with Gasteiger partial charge in [-0.25, -0.2) is 4.79 Å². The predicted octanol–water partition coefficient (Wildman–Crippen LogP) is 13.2. The van der Waals surface area contributed by atoms with Crippen LogP contribution in [0.5, 0.6) is 0 Å². The Bertz CT molecular complexity index is 899. The van der Waals surface area contributed by atoms with Crippen LogP contribution >= 0.6 is 0 Å². The van der Waals surface area contributed by atoms with E-state index in [9.17, 15) is 9.59 Å². The summed E-state index contributed by atoms with van der Waals surface area (Å²) in [5, 5.41) is 16.9. The maximum Gasteiger partial charge on any atom is 0.328 e. The lowest BCUT2D eigenvalue weighted by Gasteiger charge is -2.01. The van der Waals surface area contributed by atoms with Gasteiger partial charge in [0.25, 0.3) is 0 Å². The average molecular weight is 637 g/mol. The Morgan fingerprint density at radius 2 is 0.783 bits per heavy atom. The highest BCUT2D eigenvalue weighted by Crippen LogP contribution is 2.12. The summed E-state index contributed by atoms with van der Waals surface area (Å²) >= 11 is 0. The first-order valence-electron chi connectivity index (χ1n) is 18.3. The molecule has 0 aromatic carbocycles. The standard InChI is InChI=1S/C22H36O2.C20H32O2/c1-2-3-4-5-6-7-8-9-10-11-12-13-14-15-16-17-18-19-20-21-22(23)24;1-2-3-4-5-6-7-8-9-10-11-12-13-14-15-16-17-18-19-20(21)22/h14-21H,2-13H2,1H3,(H,23,24);6-7,9-10,12-13,15-16H,2-5,8,11,14,17-19H2,1H3,(H,21,22)/b;7-6-,10-9-,13-12-,16-15-. The molecule has 0 saturated carbocycles.